The summed E-state index contributed by atoms with van der Waals surface area (Å²) in [5.74, 6) is 1.49. The number of rotatable bonds is 2. The number of methoxy groups -OCH3 is 1. The van der Waals surface area contributed by atoms with E-state index in [1.165, 1.54) is 0 Å². The van der Waals surface area contributed by atoms with E-state index in [9.17, 15) is 0 Å². The molecule has 0 bridgehead atoms. The van der Waals surface area contributed by atoms with Crippen molar-refractivity contribution in [2.24, 2.45) is 0 Å². The number of ether oxygens (including phenoxy) is 1. The van der Waals surface area contributed by atoms with Crippen LogP contribution in [0.4, 0.5) is 0 Å². The Kier molecular flexibility index (Phi) is 3.30. The topological polar surface area (TPSA) is 39.9 Å². The van der Waals surface area contributed by atoms with Crippen LogP contribution >= 0.6 is 11.6 Å². The first-order valence-corrected chi connectivity index (χ1v) is 6.05. The maximum absolute atomic E-state index is 6.04. The standard InChI is InChI=1S/C13H16ClN3O/c1-13(2,3)17-8-15-16-12(17)10-7-9(14)5-6-11(10)18-4/h5-8H,1-4H3. The summed E-state index contributed by atoms with van der Waals surface area (Å²) in [5, 5.41) is 8.81. The predicted octanol–water partition coefficient (Wildman–Crippen LogP) is 3.36. The summed E-state index contributed by atoms with van der Waals surface area (Å²) in [5.41, 5.74) is 0.740. The van der Waals surface area contributed by atoms with Crippen LogP contribution in [0.3, 0.4) is 0 Å². The largest absolute Gasteiger partial charge is 0.496 e. The number of benzene rings is 1. The highest BCUT2D eigenvalue weighted by Gasteiger charge is 2.21. The molecule has 0 amide bonds. The molecule has 1 aromatic carbocycles. The first-order chi connectivity index (χ1) is 8.43. The van der Waals surface area contributed by atoms with Crippen LogP contribution in [-0.2, 0) is 5.54 Å². The van der Waals surface area contributed by atoms with Gasteiger partial charge in [0.2, 0.25) is 0 Å². The second-order valence-electron chi connectivity index (χ2n) is 5.04. The molecule has 0 spiro atoms. The third kappa shape index (κ3) is 2.34. The van der Waals surface area contributed by atoms with Gasteiger partial charge in [-0.25, -0.2) is 0 Å². The Balaban J connectivity index is 2.62. The Morgan fingerprint density at radius 2 is 2.00 bits per heavy atom. The van der Waals surface area contributed by atoms with Crippen LogP contribution in [0.25, 0.3) is 11.4 Å². The lowest BCUT2D eigenvalue weighted by molar-refractivity contribution is 0.395. The lowest BCUT2D eigenvalue weighted by Gasteiger charge is -2.22. The molecule has 18 heavy (non-hydrogen) atoms. The Bertz CT molecular complexity index is 558. The van der Waals surface area contributed by atoms with Crippen molar-refractivity contribution in [3.63, 3.8) is 0 Å². The molecule has 96 valence electrons. The van der Waals surface area contributed by atoms with E-state index >= 15 is 0 Å². The molecule has 0 fully saturated rings. The monoisotopic (exact) mass is 265 g/mol. The van der Waals surface area contributed by atoms with E-state index in [-0.39, 0.29) is 5.54 Å². The minimum atomic E-state index is -0.105. The number of nitrogens with zero attached hydrogens (tertiary/aromatic N) is 3. The SMILES string of the molecule is COc1ccc(Cl)cc1-c1nncn1C(C)(C)C. The van der Waals surface area contributed by atoms with Crippen molar-refractivity contribution in [2.75, 3.05) is 7.11 Å². The fraction of sp³-hybridized carbons (Fsp3) is 0.385. The van der Waals surface area contributed by atoms with Gasteiger partial charge in [-0.3, -0.25) is 0 Å². The van der Waals surface area contributed by atoms with Gasteiger partial charge >= 0.3 is 0 Å². The van der Waals surface area contributed by atoms with Gasteiger partial charge < -0.3 is 9.30 Å². The minimum absolute atomic E-state index is 0.105. The van der Waals surface area contributed by atoms with E-state index in [4.69, 9.17) is 16.3 Å². The maximum Gasteiger partial charge on any atom is 0.168 e. The first kappa shape index (κ1) is 12.9. The van der Waals surface area contributed by atoms with Crippen molar-refractivity contribution >= 4 is 11.6 Å². The van der Waals surface area contributed by atoms with E-state index in [0.29, 0.717) is 5.02 Å². The second-order valence-corrected chi connectivity index (χ2v) is 5.48. The molecule has 2 rings (SSSR count). The Labute approximate surface area is 112 Å². The highest BCUT2D eigenvalue weighted by Crippen LogP contribution is 2.33. The van der Waals surface area contributed by atoms with Gasteiger partial charge in [-0.05, 0) is 39.0 Å². The lowest BCUT2D eigenvalue weighted by Crippen LogP contribution is -2.22. The highest BCUT2D eigenvalue weighted by molar-refractivity contribution is 6.30. The van der Waals surface area contributed by atoms with Crippen molar-refractivity contribution < 1.29 is 4.74 Å². The van der Waals surface area contributed by atoms with Crippen LogP contribution < -0.4 is 4.74 Å². The van der Waals surface area contributed by atoms with Crippen LogP contribution in [0.1, 0.15) is 20.8 Å². The maximum atomic E-state index is 6.04. The summed E-state index contributed by atoms with van der Waals surface area (Å²) in [6.45, 7) is 6.28. The summed E-state index contributed by atoms with van der Waals surface area (Å²) < 4.78 is 7.35. The van der Waals surface area contributed by atoms with Crippen LogP contribution in [0.5, 0.6) is 5.75 Å². The predicted molar refractivity (Wildman–Crippen MR) is 72.0 cm³/mol. The number of hydrogen-bond donors (Lipinski definition) is 0. The van der Waals surface area contributed by atoms with Crippen molar-refractivity contribution in [3.05, 3.63) is 29.5 Å². The molecule has 0 radical (unpaired) electrons. The van der Waals surface area contributed by atoms with Crippen molar-refractivity contribution in [2.45, 2.75) is 26.3 Å². The number of hydrogen-bond acceptors (Lipinski definition) is 3. The van der Waals surface area contributed by atoms with Gasteiger partial charge in [-0.15, -0.1) is 10.2 Å². The minimum Gasteiger partial charge on any atom is -0.496 e. The molecule has 1 heterocycles. The molecule has 0 saturated heterocycles. The van der Waals surface area contributed by atoms with Crippen molar-refractivity contribution in [1.29, 1.82) is 0 Å². The van der Waals surface area contributed by atoms with E-state index in [0.717, 1.165) is 17.1 Å². The Hall–Kier alpha value is -1.55. The number of aromatic nitrogens is 3. The zero-order valence-corrected chi connectivity index (χ0v) is 11.7. The third-order valence-electron chi connectivity index (χ3n) is 2.67. The third-order valence-corrected chi connectivity index (χ3v) is 2.91. The molecule has 0 N–H and O–H groups in total. The fourth-order valence-electron chi connectivity index (χ4n) is 1.76. The number of halogens is 1. The molecular formula is C13H16ClN3O. The van der Waals surface area contributed by atoms with Crippen LogP contribution in [-0.4, -0.2) is 21.9 Å². The zero-order valence-electron chi connectivity index (χ0n) is 10.9. The average molecular weight is 266 g/mol. The summed E-state index contributed by atoms with van der Waals surface area (Å²) in [6, 6.07) is 5.47. The first-order valence-electron chi connectivity index (χ1n) is 5.68. The highest BCUT2D eigenvalue weighted by atomic mass is 35.5. The molecule has 5 heteroatoms. The molecule has 2 aromatic rings. The average Bonchev–Trinajstić information content (AvgIpc) is 2.77. The smallest absolute Gasteiger partial charge is 0.168 e. The van der Waals surface area contributed by atoms with Gasteiger partial charge in [0, 0.05) is 10.6 Å². The normalized spacial score (nSPS) is 11.6. The molecule has 0 aliphatic carbocycles. The molecule has 0 atom stereocenters. The van der Waals surface area contributed by atoms with Crippen LogP contribution in [0.2, 0.25) is 5.02 Å². The van der Waals surface area contributed by atoms with Gasteiger partial charge in [0.15, 0.2) is 5.82 Å². The molecular weight excluding hydrogens is 250 g/mol. The van der Waals surface area contributed by atoms with E-state index in [2.05, 4.69) is 31.0 Å². The van der Waals surface area contributed by atoms with Crippen molar-refractivity contribution in [1.82, 2.24) is 14.8 Å². The summed E-state index contributed by atoms with van der Waals surface area (Å²) >= 11 is 6.04. The second kappa shape index (κ2) is 4.61. The Morgan fingerprint density at radius 1 is 1.28 bits per heavy atom. The summed E-state index contributed by atoms with van der Waals surface area (Å²) in [6.07, 6.45) is 1.72. The van der Waals surface area contributed by atoms with Gasteiger partial charge in [-0.1, -0.05) is 11.6 Å². The quantitative estimate of drug-likeness (QED) is 0.836. The van der Waals surface area contributed by atoms with Gasteiger partial charge in [0.1, 0.15) is 12.1 Å². The van der Waals surface area contributed by atoms with E-state index in [1.807, 2.05) is 16.7 Å². The summed E-state index contributed by atoms with van der Waals surface area (Å²) in [7, 11) is 1.63. The fourth-order valence-corrected chi connectivity index (χ4v) is 1.94. The Morgan fingerprint density at radius 3 is 2.61 bits per heavy atom. The van der Waals surface area contributed by atoms with Crippen LogP contribution in [0.15, 0.2) is 24.5 Å². The molecule has 0 unspecified atom stereocenters. The molecule has 0 aliphatic heterocycles. The van der Waals surface area contributed by atoms with Crippen LogP contribution in [0, 0.1) is 0 Å². The van der Waals surface area contributed by atoms with Gasteiger partial charge in [-0.2, -0.15) is 0 Å². The van der Waals surface area contributed by atoms with E-state index in [1.54, 1.807) is 19.5 Å². The zero-order chi connectivity index (χ0) is 13.3. The van der Waals surface area contributed by atoms with E-state index < -0.39 is 0 Å². The van der Waals surface area contributed by atoms with Gasteiger partial charge in [0.25, 0.3) is 0 Å². The molecule has 0 aliphatic rings. The summed E-state index contributed by atoms with van der Waals surface area (Å²) in [4.78, 5) is 0. The van der Waals surface area contributed by atoms with Gasteiger partial charge in [0.05, 0.1) is 12.7 Å². The molecule has 1 aromatic heterocycles. The molecule has 0 saturated carbocycles. The molecule has 4 nitrogen and oxygen atoms in total. The van der Waals surface area contributed by atoms with Crippen molar-refractivity contribution in [3.8, 4) is 17.1 Å². The lowest BCUT2D eigenvalue weighted by atomic mass is 10.1.